The maximum absolute atomic E-state index is 12.5. The van der Waals surface area contributed by atoms with Crippen LogP contribution in [0.5, 0.6) is 0 Å². The number of nitrogens with one attached hydrogen (secondary N) is 1. The number of hydrogen-bond acceptors (Lipinski definition) is 6. The highest BCUT2D eigenvalue weighted by molar-refractivity contribution is 7.15. The number of anilines is 1. The SMILES string of the molecule is Cc1cccc([N+](=O)[O-])c1C(=O)Nc1nc2c(s1)C[C@@H](N)CC2. The van der Waals surface area contributed by atoms with E-state index in [1.54, 1.807) is 19.1 Å². The van der Waals surface area contributed by atoms with Gasteiger partial charge in [-0.1, -0.05) is 12.1 Å². The van der Waals surface area contributed by atoms with Crippen LogP contribution in [0.2, 0.25) is 0 Å². The van der Waals surface area contributed by atoms with E-state index in [1.807, 2.05) is 0 Å². The number of hydrogen-bond donors (Lipinski definition) is 2. The number of nitrogens with zero attached hydrogens (tertiary/aromatic N) is 2. The number of nitro benzene ring substituents is 1. The Morgan fingerprint density at radius 2 is 2.30 bits per heavy atom. The van der Waals surface area contributed by atoms with E-state index >= 15 is 0 Å². The Morgan fingerprint density at radius 1 is 1.52 bits per heavy atom. The van der Waals surface area contributed by atoms with E-state index in [9.17, 15) is 14.9 Å². The summed E-state index contributed by atoms with van der Waals surface area (Å²) in [6.45, 7) is 1.67. The standard InChI is InChI=1S/C15H16N4O3S/c1-8-3-2-4-11(19(21)22)13(8)14(20)18-15-17-10-6-5-9(16)7-12(10)23-15/h2-4,9H,5-7,16H2,1H3,(H,17,18,20)/t9-/m0/s1. The summed E-state index contributed by atoms with van der Waals surface area (Å²) in [5.41, 5.74) is 7.33. The summed E-state index contributed by atoms with van der Waals surface area (Å²) in [6.07, 6.45) is 2.44. The fraction of sp³-hybridized carbons (Fsp3) is 0.333. The molecule has 23 heavy (non-hydrogen) atoms. The molecular weight excluding hydrogens is 316 g/mol. The predicted octanol–water partition coefficient (Wildman–Crippen LogP) is 2.43. The first-order valence-electron chi connectivity index (χ1n) is 7.25. The van der Waals surface area contributed by atoms with Crippen LogP contribution in [0.4, 0.5) is 10.8 Å². The van der Waals surface area contributed by atoms with Crippen molar-refractivity contribution in [3.63, 3.8) is 0 Å². The number of benzene rings is 1. The Hall–Kier alpha value is -2.32. The van der Waals surface area contributed by atoms with E-state index in [1.165, 1.54) is 17.4 Å². The molecule has 2 aromatic rings. The Morgan fingerprint density at radius 3 is 3.04 bits per heavy atom. The quantitative estimate of drug-likeness (QED) is 0.662. The first-order chi connectivity index (χ1) is 11.0. The van der Waals surface area contributed by atoms with Crippen LogP contribution < -0.4 is 11.1 Å². The molecule has 1 atom stereocenters. The monoisotopic (exact) mass is 332 g/mol. The number of carbonyl (C=O) groups is 1. The van der Waals surface area contributed by atoms with Crippen molar-refractivity contribution in [1.82, 2.24) is 4.98 Å². The van der Waals surface area contributed by atoms with E-state index in [0.717, 1.165) is 29.8 Å². The first kappa shape index (κ1) is 15.6. The molecular formula is C15H16N4O3S. The smallest absolute Gasteiger partial charge is 0.282 e. The molecule has 1 aliphatic carbocycles. The van der Waals surface area contributed by atoms with Gasteiger partial charge in [-0.25, -0.2) is 4.98 Å². The largest absolute Gasteiger partial charge is 0.327 e. The van der Waals surface area contributed by atoms with E-state index in [0.29, 0.717) is 10.7 Å². The molecule has 3 N–H and O–H groups in total. The Balaban J connectivity index is 1.87. The highest BCUT2D eigenvalue weighted by atomic mass is 32.1. The van der Waals surface area contributed by atoms with Gasteiger partial charge < -0.3 is 5.73 Å². The van der Waals surface area contributed by atoms with Crippen molar-refractivity contribution in [3.05, 3.63) is 50.0 Å². The number of nitro groups is 1. The van der Waals surface area contributed by atoms with Gasteiger partial charge in [-0.15, -0.1) is 11.3 Å². The minimum Gasteiger partial charge on any atom is -0.327 e. The van der Waals surface area contributed by atoms with Gasteiger partial charge in [0.2, 0.25) is 0 Å². The molecule has 7 nitrogen and oxygen atoms in total. The summed E-state index contributed by atoms with van der Waals surface area (Å²) in [5, 5.41) is 14.3. The number of nitrogens with two attached hydrogens (primary N) is 1. The lowest BCUT2D eigenvalue weighted by Gasteiger charge is -2.15. The number of aromatic nitrogens is 1. The van der Waals surface area contributed by atoms with Gasteiger partial charge in [0, 0.05) is 17.0 Å². The highest BCUT2D eigenvalue weighted by Crippen LogP contribution is 2.30. The van der Waals surface area contributed by atoms with Gasteiger partial charge in [-0.05, 0) is 31.7 Å². The van der Waals surface area contributed by atoms with Gasteiger partial charge in [-0.2, -0.15) is 0 Å². The fourth-order valence-electron chi connectivity index (χ4n) is 2.71. The van der Waals surface area contributed by atoms with Crippen LogP contribution in [0.3, 0.4) is 0 Å². The highest BCUT2D eigenvalue weighted by Gasteiger charge is 2.25. The number of thiazole rings is 1. The van der Waals surface area contributed by atoms with Gasteiger partial charge in [0.1, 0.15) is 5.56 Å². The van der Waals surface area contributed by atoms with Gasteiger partial charge in [0.15, 0.2) is 5.13 Å². The lowest BCUT2D eigenvalue weighted by atomic mass is 9.99. The average Bonchev–Trinajstić information content (AvgIpc) is 2.87. The van der Waals surface area contributed by atoms with Crippen LogP contribution in [0.15, 0.2) is 18.2 Å². The van der Waals surface area contributed by atoms with Crippen molar-refractivity contribution in [2.75, 3.05) is 5.32 Å². The molecule has 0 aliphatic heterocycles. The second-order valence-electron chi connectivity index (χ2n) is 5.57. The molecule has 0 fully saturated rings. The maximum atomic E-state index is 12.5. The predicted molar refractivity (Wildman–Crippen MR) is 87.9 cm³/mol. The summed E-state index contributed by atoms with van der Waals surface area (Å²) in [6, 6.07) is 4.69. The van der Waals surface area contributed by atoms with Crippen molar-refractivity contribution in [1.29, 1.82) is 0 Å². The number of fused-ring (bicyclic) bond motifs is 1. The van der Waals surface area contributed by atoms with Crippen molar-refractivity contribution >= 4 is 28.1 Å². The number of rotatable bonds is 3. The second-order valence-corrected chi connectivity index (χ2v) is 6.66. The van der Waals surface area contributed by atoms with Gasteiger partial charge in [-0.3, -0.25) is 20.2 Å². The normalized spacial score (nSPS) is 16.7. The molecule has 0 saturated carbocycles. The molecule has 1 aromatic carbocycles. The van der Waals surface area contributed by atoms with Crippen LogP contribution in [0.25, 0.3) is 0 Å². The summed E-state index contributed by atoms with van der Waals surface area (Å²) >= 11 is 1.39. The lowest BCUT2D eigenvalue weighted by molar-refractivity contribution is -0.385. The zero-order valence-electron chi connectivity index (χ0n) is 12.5. The molecule has 1 amide bonds. The molecule has 1 aromatic heterocycles. The molecule has 0 saturated heterocycles. The van der Waals surface area contributed by atoms with Crippen molar-refractivity contribution < 1.29 is 9.72 Å². The average molecular weight is 332 g/mol. The van der Waals surface area contributed by atoms with Crippen molar-refractivity contribution in [2.45, 2.75) is 32.2 Å². The summed E-state index contributed by atoms with van der Waals surface area (Å²) < 4.78 is 0. The molecule has 0 unspecified atom stereocenters. The Bertz CT molecular complexity index is 787. The summed E-state index contributed by atoms with van der Waals surface area (Å²) in [7, 11) is 0. The molecule has 1 heterocycles. The van der Waals surface area contributed by atoms with Crippen LogP contribution in [0, 0.1) is 17.0 Å². The summed E-state index contributed by atoms with van der Waals surface area (Å²) in [5.74, 6) is -0.509. The zero-order valence-corrected chi connectivity index (χ0v) is 13.4. The second kappa shape index (κ2) is 6.05. The number of amides is 1. The van der Waals surface area contributed by atoms with Crippen molar-refractivity contribution in [3.8, 4) is 0 Å². The first-order valence-corrected chi connectivity index (χ1v) is 8.07. The fourth-order valence-corrected chi connectivity index (χ4v) is 3.81. The minimum absolute atomic E-state index is 0.0716. The number of carbonyl (C=O) groups excluding carboxylic acids is 1. The molecule has 3 rings (SSSR count). The van der Waals surface area contributed by atoms with Gasteiger partial charge in [0.25, 0.3) is 11.6 Å². The molecule has 0 bridgehead atoms. The minimum atomic E-state index is -0.548. The lowest BCUT2D eigenvalue weighted by Crippen LogP contribution is -2.27. The third kappa shape index (κ3) is 3.08. The van der Waals surface area contributed by atoms with Crippen LogP contribution in [0.1, 0.15) is 32.9 Å². The molecule has 0 radical (unpaired) electrons. The molecule has 8 heteroatoms. The van der Waals surface area contributed by atoms with E-state index in [-0.39, 0.29) is 17.3 Å². The topological polar surface area (TPSA) is 111 Å². The Labute approximate surface area is 136 Å². The van der Waals surface area contributed by atoms with E-state index < -0.39 is 10.8 Å². The maximum Gasteiger partial charge on any atom is 0.282 e. The third-order valence-electron chi connectivity index (χ3n) is 3.87. The molecule has 120 valence electrons. The van der Waals surface area contributed by atoms with E-state index in [4.69, 9.17) is 5.73 Å². The van der Waals surface area contributed by atoms with E-state index in [2.05, 4.69) is 10.3 Å². The molecule has 1 aliphatic rings. The molecule has 0 spiro atoms. The Kier molecular flexibility index (Phi) is 4.10. The van der Waals surface area contributed by atoms with Gasteiger partial charge in [0.05, 0.1) is 10.6 Å². The van der Waals surface area contributed by atoms with Crippen LogP contribution in [-0.2, 0) is 12.8 Å². The van der Waals surface area contributed by atoms with Crippen LogP contribution in [-0.4, -0.2) is 21.9 Å². The zero-order chi connectivity index (χ0) is 16.6. The summed E-state index contributed by atoms with van der Waals surface area (Å²) in [4.78, 5) is 28.5. The third-order valence-corrected chi connectivity index (χ3v) is 4.91. The van der Waals surface area contributed by atoms with Crippen molar-refractivity contribution in [2.24, 2.45) is 5.73 Å². The van der Waals surface area contributed by atoms with Gasteiger partial charge >= 0.3 is 0 Å². The van der Waals surface area contributed by atoms with Crippen LogP contribution >= 0.6 is 11.3 Å². The number of aryl methyl sites for hydroxylation is 2.